The Bertz CT molecular complexity index is 1330. The number of carbonyl (C=O) groups is 3. The number of methoxy groups -OCH3 is 1. The second kappa shape index (κ2) is 12.2. The maximum absolute atomic E-state index is 13.3. The summed E-state index contributed by atoms with van der Waals surface area (Å²) in [6, 6.07) is 22.2. The Balaban J connectivity index is 1.74. The molecule has 38 heavy (non-hydrogen) atoms. The number of Topliss-reactive ketones (excluding diaryl/α,β-unsaturated/α-hetero) is 1. The van der Waals surface area contributed by atoms with Gasteiger partial charge < -0.3 is 19.5 Å². The molecule has 1 aliphatic heterocycles. The Morgan fingerprint density at radius 2 is 1.68 bits per heavy atom. The predicted molar refractivity (Wildman–Crippen MR) is 144 cm³/mol. The lowest BCUT2D eigenvalue weighted by molar-refractivity contribution is -0.139. The molecular weight excluding hydrogens is 482 g/mol. The SMILES string of the molecule is CCCCOc1cccc(/C(O)=C2\C(=O)C(=O)N(CCc3ccccc3)C2c2ccc(C(=O)OC)cc2)c1. The van der Waals surface area contributed by atoms with Crippen LogP contribution in [0.2, 0.25) is 0 Å². The van der Waals surface area contributed by atoms with Crippen LogP contribution in [0.15, 0.2) is 84.4 Å². The fourth-order valence-corrected chi connectivity index (χ4v) is 4.49. The molecule has 1 fully saturated rings. The molecule has 0 bridgehead atoms. The van der Waals surface area contributed by atoms with Crippen LogP contribution in [-0.4, -0.2) is 47.9 Å². The first-order valence-corrected chi connectivity index (χ1v) is 12.7. The van der Waals surface area contributed by atoms with Crippen LogP contribution in [0, 0.1) is 0 Å². The molecule has 0 aromatic heterocycles. The number of benzene rings is 3. The number of rotatable bonds is 10. The van der Waals surface area contributed by atoms with Gasteiger partial charge in [-0.3, -0.25) is 9.59 Å². The highest BCUT2D eigenvalue weighted by atomic mass is 16.5. The Hall–Kier alpha value is -4.39. The largest absolute Gasteiger partial charge is 0.507 e. The molecule has 1 saturated heterocycles. The Morgan fingerprint density at radius 1 is 0.947 bits per heavy atom. The zero-order chi connectivity index (χ0) is 27.1. The van der Waals surface area contributed by atoms with Gasteiger partial charge in [0.15, 0.2) is 0 Å². The van der Waals surface area contributed by atoms with Crippen molar-refractivity contribution in [2.45, 2.75) is 32.2 Å². The average Bonchev–Trinajstić information content (AvgIpc) is 3.21. The van der Waals surface area contributed by atoms with Crippen LogP contribution in [0.3, 0.4) is 0 Å². The van der Waals surface area contributed by atoms with E-state index in [2.05, 4.69) is 6.92 Å². The second-order valence-electron chi connectivity index (χ2n) is 9.07. The molecule has 1 amide bonds. The van der Waals surface area contributed by atoms with Gasteiger partial charge in [-0.05, 0) is 48.2 Å². The number of hydrogen-bond donors (Lipinski definition) is 1. The van der Waals surface area contributed by atoms with E-state index >= 15 is 0 Å². The number of ether oxygens (including phenoxy) is 2. The monoisotopic (exact) mass is 513 g/mol. The summed E-state index contributed by atoms with van der Waals surface area (Å²) in [6.07, 6.45) is 2.41. The van der Waals surface area contributed by atoms with E-state index in [1.807, 2.05) is 30.3 Å². The highest BCUT2D eigenvalue weighted by Gasteiger charge is 2.45. The Morgan fingerprint density at radius 3 is 2.37 bits per heavy atom. The average molecular weight is 514 g/mol. The van der Waals surface area contributed by atoms with Crippen LogP contribution in [0.4, 0.5) is 0 Å². The number of hydrogen-bond acceptors (Lipinski definition) is 6. The number of ketones is 1. The van der Waals surface area contributed by atoms with E-state index in [0.29, 0.717) is 35.5 Å². The minimum atomic E-state index is -0.824. The lowest BCUT2D eigenvalue weighted by atomic mass is 9.94. The van der Waals surface area contributed by atoms with Gasteiger partial charge in [-0.2, -0.15) is 0 Å². The van der Waals surface area contributed by atoms with Crippen LogP contribution in [0.1, 0.15) is 52.9 Å². The summed E-state index contributed by atoms with van der Waals surface area (Å²) in [5.41, 5.74) is 2.35. The molecule has 1 heterocycles. The number of carbonyl (C=O) groups excluding carboxylic acids is 3. The maximum Gasteiger partial charge on any atom is 0.337 e. The van der Waals surface area contributed by atoms with Gasteiger partial charge >= 0.3 is 5.97 Å². The number of aliphatic hydroxyl groups is 1. The molecule has 0 aliphatic carbocycles. The van der Waals surface area contributed by atoms with E-state index in [1.54, 1.807) is 48.5 Å². The van der Waals surface area contributed by atoms with Crippen molar-refractivity contribution in [1.82, 2.24) is 4.90 Å². The van der Waals surface area contributed by atoms with Gasteiger partial charge in [0.25, 0.3) is 11.7 Å². The molecule has 196 valence electrons. The van der Waals surface area contributed by atoms with Crippen molar-refractivity contribution in [2.75, 3.05) is 20.3 Å². The molecule has 3 aromatic rings. The van der Waals surface area contributed by atoms with Crippen LogP contribution < -0.4 is 4.74 Å². The fourth-order valence-electron chi connectivity index (χ4n) is 4.49. The number of nitrogens with zero attached hydrogens (tertiary/aromatic N) is 1. The van der Waals surface area contributed by atoms with Gasteiger partial charge in [0.2, 0.25) is 0 Å². The minimum Gasteiger partial charge on any atom is -0.507 e. The predicted octanol–water partition coefficient (Wildman–Crippen LogP) is 5.32. The van der Waals surface area contributed by atoms with Gasteiger partial charge in [0, 0.05) is 12.1 Å². The molecule has 0 spiro atoms. The first-order valence-electron chi connectivity index (χ1n) is 12.7. The third-order valence-electron chi connectivity index (χ3n) is 6.55. The minimum absolute atomic E-state index is 0.000382. The van der Waals surface area contributed by atoms with Crippen molar-refractivity contribution in [3.8, 4) is 5.75 Å². The Labute approximate surface area is 222 Å². The van der Waals surface area contributed by atoms with Crippen molar-refractivity contribution in [3.05, 3.63) is 107 Å². The first-order chi connectivity index (χ1) is 18.4. The molecule has 7 heteroatoms. The fraction of sp³-hybridized carbons (Fsp3) is 0.258. The van der Waals surface area contributed by atoms with E-state index < -0.39 is 23.7 Å². The Kier molecular flexibility index (Phi) is 8.58. The van der Waals surface area contributed by atoms with E-state index in [-0.39, 0.29) is 17.9 Å². The summed E-state index contributed by atoms with van der Waals surface area (Å²) >= 11 is 0. The summed E-state index contributed by atoms with van der Waals surface area (Å²) < 4.78 is 10.6. The molecule has 1 N–H and O–H groups in total. The number of likely N-dealkylation sites (tertiary alicyclic amines) is 1. The van der Waals surface area contributed by atoms with E-state index in [9.17, 15) is 19.5 Å². The molecular formula is C31H31NO6. The smallest absolute Gasteiger partial charge is 0.337 e. The third kappa shape index (κ3) is 5.78. The summed E-state index contributed by atoms with van der Waals surface area (Å²) in [5, 5.41) is 11.4. The normalized spacial score (nSPS) is 16.5. The highest BCUT2D eigenvalue weighted by molar-refractivity contribution is 6.46. The lowest BCUT2D eigenvalue weighted by Crippen LogP contribution is -2.31. The summed E-state index contributed by atoms with van der Waals surface area (Å²) in [5.74, 6) is -1.63. The summed E-state index contributed by atoms with van der Waals surface area (Å²) in [6.45, 7) is 2.88. The van der Waals surface area contributed by atoms with Crippen molar-refractivity contribution >= 4 is 23.4 Å². The van der Waals surface area contributed by atoms with Crippen molar-refractivity contribution < 1.29 is 29.0 Å². The van der Waals surface area contributed by atoms with Crippen LogP contribution in [-0.2, 0) is 20.7 Å². The number of aliphatic hydroxyl groups excluding tert-OH is 1. The van der Waals surface area contributed by atoms with E-state index in [0.717, 1.165) is 18.4 Å². The standard InChI is InChI=1S/C31H31NO6/c1-3-4-19-38-25-12-8-11-24(20-25)28(33)26-27(22-13-15-23(16-14-22)31(36)37-2)32(30(35)29(26)34)18-17-21-9-6-5-7-10-21/h5-16,20,27,33H,3-4,17-19H2,1-2H3/b28-26+. The molecule has 1 unspecified atom stereocenters. The van der Waals surface area contributed by atoms with Gasteiger partial charge in [-0.25, -0.2) is 4.79 Å². The third-order valence-corrected chi connectivity index (χ3v) is 6.55. The van der Waals surface area contributed by atoms with Crippen LogP contribution in [0.5, 0.6) is 5.75 Å². The summed E-state index contributed by atoms with van der Waals surface area (Å²) in [7, 11) is 1.30. The zero-order valence-electron chi connectivity index (χ0n) is 21.6. The van der Waals surface area contributed by atoms with Crippen molar-refractivity contribution in [3.63, 3.8) is 0 Å². The van der Waals surface area contributed by atoms with Crippen molar-refractivity contribution in [1.29, 1.82) is 0 Å². The van der Waals surface area contributed by atoms with Crippen LogP contribution >= 0.6 is 0 Å². The molecule has 7 nitrogen and oxygen atoms in total. The number of esters is 1. The van der Waals surface area contributed by atoms with Gasteiger partial charge in [0.05, 0.1) is 30.9 Å². The number of amides is 1. The molecule has 1 atom stereocenters. The van der Waals surface area contributed by atoms with Gasteiger partial charge in [-0.1, -0.05) is 67.9 Å². The number of unbranched alkanes of at least 4 members (excludes halogenated alkanes) is 1. The molecule has 1 aliphatic rings. The molecule has 0 saturated carbocycles. The van der Waals surface area contributed by atoms with Gasteiger partial charge in [-0.15, -0.1) is 0 Å². The summed E-state index contributed by atoms with van der Waals surface area (Å²) in [4.78, 5) is 40.0. The zero-order valence-corrected chi connectivity index (χ0v) is 21.6. The topological polar surface area (TPSA) is 93.1 Å². The van der Waals surface area contributed by atoms with Crippen LogP contribution in [0.25, 0.3) is 5.76 Å². The van der Waals surface area contributed by atoms with Gasteiger partial charge in [0.1, 0.15) is 11.5 Å². The quantitative estimate of drug-likeness (QED) is 0.130. The maximum atomic E-state index is 13.3. The molecule has 3 aromatic carbocycles. The second-order valence-corrected chi connectivity index (χ2v) is 9.07. The van der Waals surface area contributed by atoms with Crippen molar-refractivity contribution in [2.24, 2.45) is 0 Å². The lowest BCUT2D eigenvalue weighted by Gasteiger charge is -2.25. The van der Waals surface area contributed by atoms with E-state index in [1.165, 1.54) is 12.0 Å². The molecule has 0 radical (unpaired) electrons. The molecule has 4 rings (SSSR count). The highest BCUT2D eigenvalue weighted by Crippen LogP contribution is 2.40. The van der Waals surface area contributed by atoms with E-state index in [4.69, 9.17) is 9.47 Å². The first kappa shape index (κ1) is 26.7.